The molecule has 0 bridgehead atoms. The Kier molecular flexibility index (Phi) is 4.93. The van der Waals surface area contributed by atoms with Gasteiger partial charge in [0, 0.05) is 32.2 Å². The number of piperazine rings is 1. The third kappa shape index (κ3) is 3.55. The molecule has 0 aromatic heterocycles. The number of phenolic OH excluding ortho intramolecular Hbond substituents is 1. The summed E-state index contributed by atoms with van der Waals surface area (Å²) in [5.74, 6) is -0.831. The van der Waals surface area contributed by atoms with Gasteiger partial charge >= 0.3 is 0 Å². The second-order valence-corrected chi connectivity index (χ2v) is 4.88. The van der Waals surface area contributed by atoms with Crippen LogP contribution in [0.25, 0.3) is 0 Å². The summed E-state index contributed by atoms with van der Waals surface area (Å²) in [6.45, 7) is 7.61. The van der Waals surface area contributed by atoms with Crippen LogP contribution in [0.4, 0.5) is 4.39 Å². The zero-order valence-electron chi connectivity index (χ0n) is 11.1. The van der Waals surface area contributed by atoms with Gasteiger partial charge in [-0.25, -0.2) is 4.39 Å². The number of hydrogen-bond acceptors (Lipinski definition) is 3. The van der Waals surface area contributed by atoms with Crippen molar-refractivity contribution in [3.63, 3.8) is 0 Å². The summed E-state index contributed by atoms with van der Waals surface area (Å²) >= 11 is 0. The zero-order valence-corrected chi connectivity index (χ0v) is 11.1. The lowest BCUT2D eigenvalue weighted by atomic mass is 9.99. The van der Waals surface area contributed by atoms with Crippen molar-refractivity contribution in [3.8, 4) is 5.75 Å². The number of aromatic hydroxyl groups is 1. The van der Waals surface area contributed by atoms with E-state index in [0.29, 0.717) is 0 Å². The van der Waals surface area contributed by atoms with Crippen molar-refractivity contribution in [2.24, 2.45) is 0 Å². The summed E-state index contributed by atoms with van der Waals surface area (Å²) < 4.78 is 13.5. The topological polar surface area (TPSA) is 35.5 Å². The minimum Gasteiger partial charge on any atom is -0.505 e. The number of nitrogens with one attached hydrogen (secondary N) is 1. The number of hydrogen-bond donors (Lipinski definition) is 2. The minimum atomic E-state index is -0.545. The van der Waals surface area contributed by atoms with Crippen molar-refractivity contribution in [2.45, 2.75) is 18.9 Å². The van der Waals surface area contributed by atoms with E-state index in [4.69, 9.17) is 0 Å². The maximum atomic E-state index is 13.5. The van der Waals surface area contributed by atoms with E-state index in [1.165, 1.54) is 12.1 Å². The Labute approximate surface area is 113 Å². The average molecular weight is 264 g/mol. The molecule has 2 rings (SSSR count). The first kappa shape index (κ1) is 14.0. The first-order valence-corrected chi connectivity index (χ1v) is 6.76. The molecule has 0 radical (unpaired) electrons. The van der Waals surface area contributed by atoms with Crippen LogP contribution in [0.3, 0.4) is 0 Å². The summed E-state index contributed by atoms with van der Waals surface area (Å²) in [4.78, 5) is 2.37. The van der Waals surface area contributed by atoms with Crippen LogP contribution >= 0.6 is 0 Å². The third-order valence-electron chi connectivity index (χ3n) is 3.59. The number of allylic oxidation sites excluding steroid dienone is 1. The fourth-order valence-corrected chi connectivity index (χ4v) is 2.56. The molecule has 2 N–H and O–H groups in total. The van der Waals surface area contributed by atoms with Crippen LogP contribution < -0.4 is 5.32 Å². The lowest BCUT2D eigenvalue weighted by Gasteiger charge is -2.35. The monoisotopic (exact) mass is 264 g/mol. The Morgan fingerprint density at radius 3 is 2.79 bits per heavy atom. The van der Waals surface area contributed by atoms with Crippen LogP contribution in [0, 0.1) is 5.82 Å². The molecule has 1 fully saturated rings. The van der Waals surface area contributed by atoms with Crippen molar-refractivity contribution in [1.29, 1.82) is 0 Å². The smallest absolute Gasteiger partial charge is 0.165 e. The van der Waals surface area contributed by atoms with E-state index in [-0.39, 0.29) is 11.8 Å². The highest BCUT2D eigenvalue weighted by atomic mass is 19.1. The SMILES string of the molecule is C=CCC[C@H](c1ccc(O)c(F)c1)N1CCNCC1. The molecule has 3 nitrogen and oxygen atoms in total. The van der Waals surface area contributed by atoms with Crippen molar-refractivity contribution in [3.05, 3.63) is 42.2 Å². The summed E-state index contributed by atoms with van der Waals surface area (Å²) in [7, 11) is 0. The molecule has 1 aliphatic heterocycles. The number of benzene rings is 1. The lowest BCUT2D eigenvalue weighted by Crippen LogP contribution is -2.45. The average Bonchev–Trinajstić information content (AvgIpc) is 2.44. The van der Waals surface area contributed by atoms with Crippen molar-refractivity contribution in [1.82, 2.24) is 10.2 Å². The Balaban J connectivity index is 2.19. The Hall–Kier alpha value is -1.39. The quantitative estimate of drug-likeness (QED) is 0.802. The summed E-state index contributed by atoms with van der Waals surface area (Å²) in [6, 6.07) is 4.89. The Morgan fingerprint density at radius 1 is 1.42 bits per heavy atom. The van der Waals surface area contributed by atoms with Gasteiger partial charge in [0.2, 0.25) is 0 Å². The van der Waals surface area contributed by atoms with E-state index in [1.807, 2.05) is 12.1 Å². The molecule has 0 saturated carbocycles. The van der Waals surface area contributed by atoms with Gasteiger partial charge in [-0.05, 0) is 30.5 Å². The predicted octanol–water partition coefficient (Wildman–Crippen LogP) is 2.44. The third-order valence-corrected chi connectivity index (χ3v) is 3.59. The van der Waals surface area contributed by atoms with E-state index < -0.39 is 5.82 Å². The van der Waals surface area contributed by atoms with Crippen LogP contribution in [0.15, 0.2) is 30.9 Å². The van der Waals surface area contributed by atoms with Gasteiger partial charge in [-0.15, -0.1) is 6.58 Å². The Morgan fingerprint density at radius 2 is 2.16 bits per heavy atom. The van der Waals surface area contributed by atoms with Crippen molar-refractivity contribution in [2.75, 3.05) is 26.2 Å². The highest BCUT2D eigenvalue weighted by Gasteiger charge is 2.22. The zero-order chi connectivity index (χ0) is 13.7. The van der Waals surface area contributed by atoms with Gasteiger partial charge in [-0.3, -0.25) is 4.90 Å². The van der Waals surface area contributed by atoms with Crippen LogP contribution in [-0.4, -0.2) is 36.2 Å². The molecule has 4 heteroatoms. The van der Waals surface area contributed by atoms with Crippen molar-refractivity contribution >= 4 is 0 Å². The second kappa shape index (κ2) is 6.68. The molecular formula is C15H21FN2O. The van der Waals surface area contributed by atoms with E-state index in [0.717, 1.165) is 44.6 Å². The maximum Gasteiger partial charge on any atom is 0.165 e. The first-order valence-electron chi connectivity index (χ1n) is 6.76. The summed E-state index contributed by atoms with van der Waals surface area (Å²) in [5.41, 5.74) is 0.930. The number of rotatable bonds is 5. The molecule has 0 amide bonds. The van der Waals surface area contributed by atoms with Gasteiger partial charge in [0.25, 0.3) is 0 Å². The molecule has 1 aromatic rings. The molecule has 0 unspecified atom stereocenters. The number of phenols is 1. The molecule has 1 saturated heterocycles. The first-order chi connectivity index (χ1) is 9.22. The van der Waals surface area contributed by atoms with Crippen LogP contribution in [-0.2, 0) is 0 Å². The highest BCUT2D eigenvalue weighted by molar-refractivity contribution is 5.30. The molecule has 1 heterocycles. The van der Waals surface area contributed by atoms with Gasteiger partial charge in [0.1, 0.15) is 0 Å². The fourth-order valence-electron chi connectivity index (χ4n) is 2.56. The van der Waals surface area contributed by atoms with Gasteiger partial charge < -0.3 is 10.4 Å². The van der Waals surface area contributed by atoms with Gasteiger partial charge in [0.15, 0.2) is 11.6 Å². The second-order valence-electron chi connectivity index (χ2n) is 4.88. The van der Waals surface area contributed by atoms with Gasteiger partial charge in [-0.1, -0.05) is 12.1 Å². The summed E-state index contributed by atoms with van der Waals surface area (Å²) in [5, 5.41) is 12.6. The summed E-state index contributed by atoms with van der Waals surface area (Å²) in [6.07, 6.45) is 3.72. The highest BCUT2D eigenvalue weighted by Crippen LogP contribution is 2.29. The minimum absolute atomic E-state index is 0.190. The normalized spacial score (nSPS) is 18.2. The molecule has 104 valence electrons. The van der Waals surface area contributed by atoms with Crippen LogP contribution in [0.5, 0.6) is 5.75 Å². The standard InChI is InChI=1S/C15H21FN2O/c1-2-3-4-14(18-9-7-17-8-10-18)12-5-6-15(19)13(16)11-12/h2,5-6,11,14,17,19H,1,3-4,7-10H2/t14-/m1/s1. The van der Waals surface area contributed by atoms with Gasteiger partial charge in [-0.2, -0.15) is 0 Å². The van der Waals surface area contributed by atoms with E-state index >= 15 is 0 Å². The van der Waals surface area contributed by atoms with Gasteiger partial charge in [0.05, 0.1) is 0 Å². The number of nitrogens with zero attached hydrogens (tertiary/aromatic N) is 1. The molecule has 1 aliphatic rings. The number of halogens is 1. The van der Waals surface area contributed by atoms with E-state index in [9.17, 15) is 9.50 Å². The molecule has 1 aromatic carbocycles. The molecule has 0 aliphatic carbocycles. The van der Waals surface area contributed by atoms with Crippen LogP contribution in [0.1, 0.15) is 24.4 Å². The van der Waals surface area contributed by atoms with E-state index in [1.54, 1.807) is 0 Å². The molecule has 19 heavy (non-hydrogen) atoms. The van der Waals surface area contributed by atoms with Crippen LogP contribution in [0.2, 0.25) is 0 Å². The fraction of sp³-hybridized carbons (Fsp3) is 0.467. The Bertz CT molecular complexity index is 430. The lowest BCUT2D eigenvalue weighted by molar-refractivity contribution is 0.166. The van der Waals surface area contributed by atoms with E-state index in [2.05, 4.69) is 16.8 Å². The largest absolute Gasteiger partial charge is 0.505 e. The maximum absolute atomic E-state index is 13.5. The predicted molar refractivity (Wildman–Crippen MR) is 74.7 cm³/mol. The molecule has 0 spiro atoms. The molecule has 1 atom stereocenters. The van der Waals surface area contributed by atoms with Crippen molar-refractivity contribution < 1.29 is 9.50 Å². The molecular weight excluding hydrogens is 243 g/mol.